The van der Waals surface area contributed by atoms with Gasteiger partial charge in [0.2, 0.25) is 0 Å². The Morgan fingerprint density at radius 2 is 1.96 bits per heavy atom. The molecule has 0 unspecified atom stereocenters. The number of hydrogen-bond acceptors (Lipinski definition) is 2. The molecule has 0 aliphatic heterocycles. The maximum atomic E-state index is 12.2. The molecule has 0 spiro atoms. The van der Waals surface area contributed by atoms with E-state index in [2.05, 4.69) is 15.0 Å². The van der Waals surface area contributed by atoms with Crippen molar-refractivity contribution in [3.63, 3.8) is 0 Å². The molecular weight excluding hydrogens is 415 g/mol. The number of nitrogens with two attached hydrogens (primary N) is 1. The molecule has 4 nitrogen and oxygen atoms in total. The quantitative estimate of drug-likeness (QED) is 0.315. The molecular formula is C16H24F2IN3O. The molecule has 3 N–H and O–H groups in total. The van der Waals surface area contributed by atoms with Gasteiger partial charge in [0, 0.05) is 6.04 Å². The fourth-order valence-corrected chi connectivity index (χ4v) is 2.67. The standard InChI is InChI=1S/C16H23F2N3O.HI/c17-15(18)22-14-9-5-6-12(10-14)11-20-16(19)21-13-7-3-1-2-4-8-13;/h5-6,9-10,13,15H,1-4,7-8,11H2,(H3,19,20,21);1H. The highest BCUT2D eigenvalue weighted by atomic mass is 127. The largest absolute Gasteiger partial charge is 0.435 e. The number of hydrogen-bond donors (Lipinski definition) is 2. The monoisotopic (exact) mass is 439 g/mol. The van der Waals surface area contributed by atoms with E-state index in [0.717, 1.165) is 18.4 Å². The fourth-order valence-electron chi connectivity index (χ4n) is 2.67. The first kappa shape index (κ1) is 19.9. The summed E-state index contributed by atoms with van der Waals surface area (Å²) in [6, 6.07) is 6.90. The number of aliphatic imine (C=N–C) groups is 1. The lowest BCUT2D eigenvalue weighted by atomic mass is 10.1. The Balaban J connectivity index is 0.00000264. The Bertz CT molecular complexity index is 492. The van der Waals surface area contributed by atoms with E-state index in [1.807, 2.05) is 0 Å². The number of alkyl halides is 2. The van der Waals surface area contributed by atoms with Gasteiger partial charge >= 0.3 is 6.61 Å². The molecule has 7 heteroatoms. The van der Waals surface area contributed by atoms with Crippen LogP contribution in [0, 0.1) is 0 Å². The van der Waals surface area contributed by atoms with Crippen LogP contribution in [0.15, 0.2) is 29.3 Å². The number of nitrogens with zero attached hydrogens (tertiary/aromatic N) is 1. The third-order valence-corrected chi connectivity index (χ3v) is 3.76. The van der Waals surface area contributed by atoms with Gasteiger partial charge in [-0.2, -0.15) is 8.78 Å². The summed E-state index contributed by atoms with van der Waals surface area (Å²) >= 11 is 0. The summed E-state index contributed by atoms with van der Waals surface area (Å²) in [5.74, 6) is 0.546. The minimum Gasteiger partial charge on any atom is -0.435 e. The highest BCUT2D eigenvalue weighted by Gasteiger charge is 2.12. The van der Waals surface area contributed by atoms with Gasteiger partial charge in [-0.15, -0.1) is 24.0 Å². The molecule has 130 valence electrons. The van der Waals surface area contributed by atoms with E-state index in [1.54, 1.807) is 18.2 Å². The normalized spacial score (nSPS) is 16.6. The van der Waals surface area contributed by atoms with Crippen molar-refractivity contribution in [2.75, 3.05) is 0 Å². The summed E-state index contributed by atoms with van der Waals surface area (Å²) in [4.78, 5) is 4.28. The molecule has 0 amide bonds. The van der Waals surface area contributed by atoms with E-state index in [0.29, 0.717) is 18.5 Å². The molecule has 0 aromatic heterocycles. The lowest BCUT2D eigenvalue weighted by molar-refractivity contribution is -0.0498. The smallest absolute Gasteiger partial charge is 0.387 e. The zero-order valence-electron chi connectivity index (χ0n) is 13.0. The van der Waals surface area contributed by atoms with Gasteiger partial charge in [0.15, 0.2) is 5.96 Å². The summed E-state index contributed by atoms with van der Waals surface area (Å²) in [6.45, 7) is -2.48. The SMILES string of the molecule is I.NC(=NCc1cccc(OC(F)F)c1)NC1CCCCCC1. The van der Waals surface area contributed by atoms with Gasteiger partial charge in [-0.1, -0.05) is 37.8 Å². The first-order valence-corrected chi connectivity index (χ1v) is 7.73. The maximum absolute atomic E-state index is 12.2. The molecule has 1 aromatic carbocycles. The molecule has 1 saturated carbocycles. The minimum absolute atomic E-state index is 0. The number of nitrogens with one attached hydrogen (secondary N) is 1. The summed E-state index contributed by atoms with van der Waals surface area (Å²) in [5.41, 5.74) is 6.69. The average molecular weight is 439 g/mol. The number of ether oxygens (including phenoxy) is 1. The number of guanidine groups is 1. The van der Waals surface area contributed by atoms with Crippen LogP contribution in [-0.4, -0.2) is 18.6 Å². The second-order valence-corrected chi connectivity index (χ2v) is 5.56. The second kappa shape index (κ2) is 10.6. The molecule has 0 atom stereocenters. The van der Waals surface area contributed by atoms with E-state index < -0.39 is 6.61 Å². The molecule has 0 bridgehead atoms. The lowest BCUT2D eigenvalue weighted by Gasteiger charge is -2.16. The third kappa shape index (κ3) is 7.81. The fraction of sp³-hybridized carbons (Fsp3) is 0.562. The van der Waals surface area contributed by atoms with Crippen LogP contribution in [0.4, 0.5) is 8.78 Å². The average Bonchev–Trinajstić information content (AvgIpc) is 2.73. The minimum atomic E-state index is -2.82. The summed E-state index contributed by atoms with van der Waals surface area (Å²) in [7, 11) is 0. The first-order chi connectivity index (χ1) is 10.6. The molecule has 0 saturated heterocycles. The number of benzene rings is 1. The van der Waals surface area contributed by atoms with Crippen molar-refractivity contribution >= 4 is 29.9 Å². The molecule has 1 aliphatic carbocycles. The van der Waals surface area contributed by atoms with Gasteiger partial charge in [-0.05, 0) is 30.5 Å². The van der Waals surface area contributed by atoms with Crippen LogP contribution in [0.25, 0.3) is 0 Å². The van der Waals surface area contributed by atoms with E-state index in [-0.39, 0.29) is 29.7 Å². The van der Waals surface area contributed by atoms with E-state index >= 15 is 0 Å². The van der Waals surface area contributed by atoms with Crippen LogP contribution >= 0.6 is 24.0 Å². The van der Waals surface area contributed by atoms with Gasteiger partial charge in [-0.25, -0.2) is 4.99 Å². The molecule has 1 fully saturated rings. The molecule has 23 heavy (non-hydrogen) atoms. The molecule has 0 radical (unpaired) electrons. The molecule has 1 aliphatic rings. The van der Waals surface area contributed by atoms with Crippen molar-refractivity contribution < 1.29 is 13.5 Å². The van der Waals surface area contributed by atoms with Crippen LogP contribution < -0.4 is 15.8 Å². The Morgan fingerprint density at radius 3 is 2.61 bits per heavy atom. The van der Waals surface area contributed by atoms with Gasteiger partial charge in [-0.3, -0.25) is 0 Å². The van der Waals surface area contributed by atoms with Gasteiger partial charge in [0.1, 0.15) is 5.75 Å². The van der Waals surface area contributed by atoms with Gasteiger partial charge in [0.05, 0.1) is 6.54 Å². The third-order valence-electron chi connectivity index (χ3n) is 3.76. The topological polar surface area (TPSA) is 59.6 Å². The van der Waals surface area contributed by atoms with Gasteiger partial charge < -0.3 is 15.8 Å². The predicted octanol–water partition coefficient (Wildman–Crippen LogP) is 4.03. The summed E-state index contributed by atoms with van der Waals surface area (Å²) < 4.78 is 28.7. The van der Waals surface area contributed by atoms with Crippen LogP contribution in [0.3, 0.4) is 0 Å². The van der Waals surface area contributed by atoms with Crippen molar-refractivity contribution in [3.8, 4) is 5.75 Å². The van der Waals surface area contributed by atoms with Crippen LogP contribution in [0.5, 0.6) is 5.75 Å². The van der Waals surface area contributed by atoms with Crippen molar-refractivity contribution in [1.82, 2.24) is 5.32 Å². The Hall–Kier alpha value is -1.12. The zero-order valence-corrected chi connectivity index (χ0v) is 15.3. The number of rotatable bonds is 5. The van der Waals surface area contributed by atoms with Crippen molar-refractivity contribution in [2.24, 2.45) is 10.7 Å². The highest BCUT2D eigenvalue weighted by Crippen LogP contribution is 2.18. The van der Waals surface area contributed by atoms with Gasteiger partial charge in [0.25, 0.3) is 0 Å². The zero-order chi connectivity index (χ0) is 15.8. The van der Waals surface area contributed by atoms with E-state index in [9.17, 15) is 8.78 Å². The predicted molar refractivity (Wildman–Crippen MR) is 98.4 cm³/mol. The number of halogens is 3. The van der Waals surface area contributed by atoms with Crippen molar-refractivity contribution in [2.45, 2.75) is 57.7 Å². The summed E-state index contributed by atoms with van der Waals surface area (Å²) in [5, 5.41) is 3.25. The van der Waals surface area contributed by atoms with E-state index in [4.69, 9.17) is 5.73 Å². The molecule has 2 rings (SSSR count). The Labute approximate surface area is 152 Å². The molecule has 0 heterocycles. The lowest BCUT2D eigenvalue weighted by Crippen LogP contribution is -2.39. The Kier molecular flexibility index (Phi) is 9.20. The highest BCUT2D eigenvalue weighted by molar-refractivity contribution is 14.0. The second-order valence-electron chi connectivity index (χ2n) is 5.56. The first-order valence-electron chi connectivity index (χ1n) is 7.73. The van der Waals surface area contributed by atoms with Crippen LogP contribution in [-0.2, 0) is 6.54 Å². The van der Waals surface area contributed by atoms with Crippen LogP contribution in [0.1, 0.15) is 44.1 Å². The van der Waals surface area contributed by atoms with Crippen LogP contribution in [0.2, 0.25) is 0 Å². The van der Waals surface area contributed by atoms with Crippen molar-refractivity contribution in [1.29, 1.82) is 0 Å². The van der Waals surface area contributed by atoms with Crippen molar-refractivity contribution in [3.05, 3.63) is 29.8 Å². The Morgan fingerprint density at radius 1 is 1.26 bits per heavy atom. The van der Waals surface area contributed by atoms with E-state index in [1.165, 1.54) is 31.7 Å². The molecule has 1 aromatic rings. The maximum Gasteiger partial charge on any atom is 0.387 e. The summed E-state index contributed by atoms with van der Waals surface area (Å²) in [6.07, 6.45) is 7.25.